The van der Waals surface area contributed by atoms with Crippen molar-refractivity contribution in [2.75, 3.05) is 6.61 Å². The Kier molecular flexibility index (Phi) is 3.38. The third kappa shape index (κ3) is 2.79. The van der Waals surface area contributed by atoms with Gasteiger partial charge in [-0.2, -0.15) is 0 Å². The Hall–Kier alpha value is -0.870. The van der Waals surface area contributed by atoms with E-state index in [1.807, 2.05) is 6.92 Å². The van der Waals surface area contributed by atoms with Crippen LogP contribution in [0.4, 0.5) is 0 Å². The average Bonchev–Trinajstić information content (AvgIpc) is 2.67. The Morgan fingerprint density at radius 2 is 2.47 bits per heavy atom. The summed E-state index contributed by atoms with van der Waals surface area (Å²) < 4.78 is 11.0. The lowest BCUT2D eigenvalue weighted by molar-refractivity contribution is -0.00149. The fourth-order valence-corrected chi connectivity index (χ4v) is 1.83. The molecule has 84 valence electrons. The Labute approximate surface area is 89.8 Å². The molecular weight excluding hydrogens is 192 g/mol. The fourth-order valence-electron chi connectivity index (χ4n) is 1.83. The van der Waals surface area contributed by atoms with E-state index in [0.29, 0.717) is 5.89 Å². The van der Waals surface area contributed by atoms with Crippen molar-refractivity contribution in [1.82, 2.24) is 4.98 Å². The number of hydrogen-bond acceptors (Lipinski definition) is 4. The second kappa shape index (κ2) is 4.77. The molecular formula is C11H18N2O2. The van der Waals surface area contributed by atoms with E-state index in [2.05, 4.69) is 4.98 Å². The summed E-state index contributed by atoms with van der Waals surface area (Å²) in [6.07, 6.45) is 5.85. The molecule has 2 rings (SSSR count). The molecule has 0 radical (unpaired) electrons. The summed E-state index contributed by atoms with van der Waals surface area (Å²) in [7, 11) is 0. The molecule has 0 spiro atoms. The summed E-state index contributed by atoms with van der Waals surface area (Å²) in [6, 6.07) is 0.121. The highest BCUT2D eigenvalue weighted by Gasteiger charge is 2.21. The lowest BCUT2D eigenvalue weighted by Crippen LogP contribution is -2.18. The van der Waals surface area contributed by atoms with Crippen molar-refractivity contribution >= 4 is 0 Å². The molecule has 2 N–H and O–H groups in total. The van der Waals surface area contributed by atoms with Crippen molar-refractivity contribution in [3.8, 4) is 0 Å². The van der Waals surface area contributed by atoms with Crippen LogP contribution in [0.2, 0.25) is 0 Å². The first kappa shape index (κ1) is 10.6. The van der Waals surface area contributed by atoms with Gasteiger partial charge in [-0.25, -0.2) is 4.98 Å². The van der Waals surface area contributed by atoms with Crippen LogP contribution in [0.15, 0.2) is 10.7 Å². The Balaban J connectivity index is 1.99. The van der Waals surface area contributed by atoms with E-state index in [-0.39, 0.29) is 12.1 Å². The molecule has 2 atom stereocenters. The number of hydrogen-bond donors (Lipinski definition) is 1. The summed E-state index contributed by atoms with van der Waals surface area (Å²) in [5.74, 6) is 0.713. The molecule has 0 aromatic carbocycles. The van der Waals surface area contributed by atoms with Gasteiger partial charge in [0.1, 0.15) is 12.4 Å². The third-order valence-electron chi connectivity index (χ3n) is 2.56. The van der Waals surface area contributed by atoms with Gasteiger partial charge in [-0.05, 0) is 26.2 Å². The summed E-state index contributed by atoms with van der Waals surface area (Å²) in [6.45, 7) is 2.78. The van der Waals surface area contributed by atoms with Gasteiger partial charge in [-0.15, -0.1) is 0 Å². The van der Waals surface area contributed by atoms with E-state index in [0.717, 1.165) is 31.6 Å². The molecule has 1 saturated heterocycles. The molecule has 1 aromatic rings. The highest BCUT2D eigenvalue weighted by molar-refractivity contribution is 5.01. The fraction of sp³-hybridized carbons (Fsp3) is 0.727. The summed E-state index contributed by atoms with van der Waals surface area (Å²) in [4.78, 5) is 4.40. The van der Waals surface area contributed by atoms with Crippen molar-refractivity contribution in [2.45, 2.75) is 44.8 Å². The standard InChI is InChI=1S/C11H18N2O2/c1-8(12)6-9-7-15-11(13-9)10-4-2-3-5-14-10/h7-8,10H,2-6,12H2,1H3. The second-order valence-electron chi connectivity index (χ2n) is 4.21. The van der Waals surface area contributed by atoms with E-state index in [1.165, 1.54) is 6.42 Å². The van der Waals surface area contributed by atoms with Crippen LogP contribution >= 0.6 is 0 Å². The number of rotatable bonds is 3. The average molecular weight is 210 g/mol. The quantitative estimate of drug-likeness (QED) is 0.826. The van der Waals surface area contributed by atoms with Crippen LogP contribution in [-0.4, -0.2) is 17.6 Å². The zero-order valence-electron chi connectivity index (χ0n) is 9.11. The Morgan fingerprint density at radius 3 is 3.13 bits per heavy atom. The Bertz CT molecular complexity index is 303. The minimum Gasteiger partial charge on any atom is -0.446 e. The van der Waals surface area contributed by atoms with Crippen LogP contribution in [0, 0.1) is 0 Å². The van der Waals surface area contributed by atoms with Crippen molar-refractivity contribution in [3.63, 3.8) is 0 Å². The van der Waals surface area contributed by atoms with E-state index >= 15 is 0 Å². The van der Waals surface area contributed by atoms with Gasteiger partial charge in [0.05, 0.1) is 5.69 Å². The smallest absolute Gasteiger partial charge is 0.223 e. The van der Waals surface area contributed by atoms with Crippen LogP contribution in [-0.2, 0) is 11.2 Å². The molecule has 2 unspecified atom stereocenters. The van der Waals surface area contributed by atoms with Crippen LogP contribution in [0.25, 0.3) is 0 Å². The molecule has 1 aromatic heterocycles. The van der Waals surface area contributed by atoms with Crippen LogP contribution in [0.1, 0.15) is 43.9 Å². The maximum absolute atomic E-state index is 5.70. The summed E-state index contributed by atoms with van der Waals surface area (Å²) >= 11 is 0. The van der Waals surface area contributed by atoms with E-state index in [1.54, 1.807) is 6.26 Å². The predicted molar refractivity (Wildman–Crippen MR) is 56.4 cm³/mol. The van der Waals surface area contributed by atoms with Gasteiger partial charge in [0, 0.05) is 19.1 Å². The molecule has 0 aliphatic carbocycles. The number of oxazole rings is 1. The van der Waals surface area contributed by atoms with E-state index in [4.69, 9.17) is 14.9 Å². The minimum absolute atomic E-state index is 0.0561. The van der Waals surface area contributed by atoms with Gasteiger partial charge < -0.3 is 14.9 Å². The molecule has 4 nitrogen and oxygen atoms in total. The first-order valence-corrected chi connectivity index (χ1v) is 5.57. The van der Waals surface area contributed by atoms with Crippen molar-refractivity contribution in [1.29, 1.82) is 0 Å². The first-order chi connectivity index (χ1) is 7.25. The van der Waals surface area contributed by atoms with Crippen molar-refractivity contribution in [3.05, 3.63) is 17.8 Å². The minimum atomic E-state index is 0.0561. The monoisotopic (exact) mass is 210 g/mol. The summed E-state index contributed by atoms with van der Waals surface area (Å²) in [5.41, 5.74) is 6.62. The summed E-state index contributed by atoms with van der Waals surface area (Å²) in [5, 5.41) is 0. The number of aromatic nitrogens is 1. The first-order valence-electron chi connectivity index (χ1n) is 5.57. The molecule has 1 aliphatic heterocycles. The predicted octanol–water partition coefficient (Wildman–Crippen LogP) is 1.81. The number of nitrogens with two attached hydrogens (primary N) is 1. The topological polar surface area (TPSA) is 61.3 Å². The molecule has 2 heterocycles. The van der Waals surface area contributed by atoms with Crippen molar-refractivity contribution in [2.24, 2.45) is 5.73 Å². The maximum Gasteiger partial charge on any atom is 0.223 e. The largest absolute Gasteiger partial charge is 0.446 e. The number of nitrogens with zero attached hydrogens (tertiary/aromatic N) is 1. The van der Waals surface area contributed by atoms with Gasteiger partial charge in [-0.3, -0.25) is 0 Å². The van der Waals surface area contributed by atoms with E-state index in [9.17, 15) is 0 Å². The van der Waals surface area contributed by atoms with Gasteiger partial charge in [0.2, 0.25) is 5.89 Å². The molecule has 1 fully saturated rings. The Morgan fingerprint density at radius 1 is 1.60 bits per heavy atom. The number of ether oxygens (including phenoxy) is 1. The lowest BCUT2D eigenvalue weighted by Gasteiger charge is -2.19. The molecule has 1 aliphatic rings. The second-order valence-corrected chi connectivity index (χ2v) is 4.21. The highest BCUT2D eigenvalue weighted by Crippen LogP contribution is 2.27. The maximum atomic E-state index is 5.70. The van der Waals surface area contributed by atoms with Gasteiger partial charge in [0.25, 0.3) is 0 Å². The van der Waals surface area contributed by atoms with Gasteiger partial charge in [0.15, 0.2) is 0 Å². The molecule has 4 heteroatoms. The van der Waals surface area contributed by atoms with E-state index < -0.39 is 0 Å². The molecule has 0 amide bonds. The van der Waals surface area contributed by atoms with Crippen LogP contribution in [0.3, 0.4) is 0 Å². The molecule has 15 heavy (non-hydrogen) atoms. The molecule has 0 bridgehead atoms. The van der Waals surface area contributed by atoms with Gasteiger partial charge in [-0.1, -0.05) is 0 Å². The molecule has 0 saturated carbocycles. The normalized spacial score (nSPS) is 24.0. The highest BCUT2D eigenvalue weighted by atomic mass is 16.5. The van der Waals surface area contributed by atoms with Crippen LogP contribution < -0.4 is 5.73 Å². The van der Waals surface area contributed by atoms with Crippen molar-refractivity contribution < 1.29 is 9.15 Å². The zero-order valence-corrected chi connectivity index (χ0v) is 9.11. The lowest BCUT2D eigenvalue weighted by atomic mass is 10.1. The third-order valence-corrected chi connectivity index (χ3v) is 2.56. The van der Waals surface area contributed by atoms with Crippen LogP contribution in [0.5, 0.6) is 0 Å². The zero-order chi connectivity index (χ0) is 10.7. The van der Waals surface area contributed by atoms with Gasteiger partial charge >= 0.3 is 0 Å². The SMILES string of the molecule is CC(N)Cc1coc(C2CCCCO2)n1.